The van der Waals surface area contributed by atoms with Crippen LogP contribution in [0.1, 0.15) is 102 Å². The molecule has 12 heteroatoms. The molecule has 0 aliphatic rings. The molecular formula is C28H43N7O5. The van der Waals surface area contributed by atoms with Crippen LogP contribution in [0.4, 0.5) is 23.0 Å². The Morgan fingerprint density at radius 1 is 0.750 bits per heavy atom. The number of hydrogen-bond acceptors (Lipinski definition) is 9. The third-order valence-electron chi connectivity index (χ3n) is 6.66. The van der Waals surface area contributed by atoms with E-state index in [-0.39, 0.29) is 29.4 Å². The number of nitrogens with one attached hydrogen (secondary N) is 3. The minimum absolute atomic E-state index is 0.0753. The van der Waals surface area contributed by atoms with Crippen molar-refractivity contribution in [2.75, 3.05) is 17.3 Å². The molecule has 0 radical (unpaired) electrons. The van der Waals surface area contributed by atoms with E-state index in [4.69, 9.17) is 0 Å². The van der Waals surface area contributed by atoms with Crippen molar-refractivity contribution < 1.29 is 14.6 Å². The number of amides is 1. The highest BCUT2D eigenvalue weighted by atomic mass is 16.6. The third kappa shape index (κ3) is 12.8. The van der Waals surface area contributed by atoms with Crippen molar-refractivity contribution in [2.24, 2.45) is 0 Å². The van der Waals surface area contributed by atoms with E-state index in [0.717, 1.165) is 19.3 Å². The summed E-state index contributed by atoms with van der Waals surface area (Å²) in [7, 11) is 0. The Morgan fingerprint density at radius 2 is 1.27 bits per heavy atom. The summed E-state index contributed by atoms with van der Waals surface area (Å²) in [5.41, 5.74) is 5.00. The molecule has 0 spiro atoms. The molecule has 1 amide bonds. The van der Waals surface area contributed by atoms with Crippen LogP contribution >= 0.6 is 0 Å². The van der Waals surface area contributed by atoms with Gasteiger partial charge in [-0.1, -0.05) is 103 Å². The monoisotopic (exact) mass is 557 g/mol. The molecule has 0 fully saturated rings. The van der Waals surface area contributed by atoms with Gasteiger partial charge >= 0.3 is 5.69 Å². The molecule has 40 heavy (non-hydrogen) atoms. The number of unbranched alkanes of at least 4 members (excludes halogenated alkanes) is 13. The summed E-state index contributed by atoms with van der Waals surface area (Å²) in [5, 5.41) is 25.5. The Labute approximate surface area is 236 Å². The van der Waals surface area contributed by atoms with E-state index in [1.165, 1.54) is 101 Å². The highest BCUT2D eigenvalue weighted by Crippen LogP contribution is 2.28. The first kappa shape index (κ1) is 32.4. The number of anilines is 2. The highest BCUT2D eigenvalue weighted by molar-refractivity contribution is 5.81. The van der Waals surface area contributed by atoms with Crippen LogP contribution in [0.15, 0.2) is 30.6 Å². The largest absolute Gasteiger partial charge is 0.364 e. The van der Waals surface area contributed by atoms with Crippen molar-refractivity contribution in [2.45, 2.75) is 103 Å². The minimum atomic E-state index is -0.599. The van der Waals surface area contributed by atoms with Crippen LogP contribution in [-0.4, -0.2) is 32.3 Å². The summed E-state index contributed by atoms with van der Waals surface area (Å²) in [4.78, 5) is 41.5. The quantitative estimate of drug-likeness (QED) is 0.0795. The molecule has 2 rings (SSSR count). The van der Waals surface area contributed by atoms with E-state index >= 15 is 0 Å². The maximum absolute atomic E-state index is 12.3. The van der Waals surface area contributed by atoms with Gasteiger partial charge in [-0.15, -0.1) is 0 Å². The summed E-state index contributed by atoms with van der Waals surface area (Å²) in [6.45, 7) is 2.79. The molecule has 0 aliphatic carbocycles. The lowest BCUT2D eigenvalue weighted by Crippen LogP contribution is -2.31. The van der Waals surface area contributed by atoms with Crippen LogP contribution < -0.4 is 16.2 Å². The molecular weight excluding hydrogens is 514 g/mol. The van der Waals surface area contributed by atoms with Gasteiger partial charge in [-0.3, -0.25) is 35.9 Å². The van der Waals surface area contributed by atoms with Gasteiger partial charge in [0.1, 0.15) is 6.33 Å². The standard InChI is InChI=1S/C28H43N7O5/c1-2-3-4-5-6-7-8-9-10-11-12-13-14-15-20-29-27-26(35(39)40)28(31-22-30-27)33-32-25(36)21-23-16-18-24(19-17-23)34(37)38/h16-19,22H,2-15,20-21H2,1H3,(H,32,36)(H2,29,30,31,33). The fourth-order valence-corrected chi connectivity index (χ4v) is 4.39. The smallest absolute Gasteiger partial charge is 0.354 e. The van der Waals surface area contributed by atoms with Gasteiger partial charge in [-0.05, 0) is 12.0 Å². The van der Waals surface area contributed by atoms with E-state index in [1.807, 2.05) is 0 Å². The van der Waals surface area contributed by atoms with E-state index in [0.29, 0.717) is 12.1 Å². The topological polar surface area (TPSA) is 165 Å². The number of carbonyl (C=O) groups excluding carboxylic acids is 1. The summed E-state index contributed by atoms with van der Waals surface area (Å²) in [5.74, 6) is -0.541. The first-order chi connectivity index (χ1) is 19.4. The Balaban J connectivity index is 1.65. The third-order valence-corrected chi connectivity index (χ3v) is 6.66. The number of hydrazine groups is 1. The Kier molecular flexibility index (Phi) is 15.6. The predicted molar refractivity (Wildman–Crippen MR) is 156 cm³/mol. The zero-order chi connectivity index (χ0) is 29.0. The van der Waals surface area contributed by atoms with Crippen molar-refractivity contribution in [3.8, 4) is 0 Å². The van der Waals surface area contributed by atoms with E-state index in [2.05, 4.69) is 33.1 Å². The summed E-state index contributed by atoms with van der Waals surface area (Å²) < 4.78 is 0. The molecule has 12 nitrogen and oxygen atoms in total. The Hall–Kier alpha value is -3.83. The Bertz CT molecular complexity index is 1050. The Morgan fingerprint density at radius 3 is 1.80 bits per heavy atom. The molecule has 0 saturated heterocycles. The SMILES string of the molecule is CCCCCCCCCCCCCCCCNc1ncnc(NNC(=O)Cc2ccc([N+](=O)[O-])cc2)c1[N+](=O)[O-]. The number of nitro groups is 2. The lowest BCUT2D eigenvalue weighted by molar-refractivity contribution is -0.384. The molecule has 1 aromatic heterocycles. The van der Waals surface area contributed by atoms with Gasteiger partial charge in [0, 0.05) is 18.7 Å². The molecule has 0 aliphatic heterocycles. The van der Waals surface area contributed by atoms with Gasteiger partial charge in [0.05, 0.1) is 16.3 Å². The summed E-state index contributed by atoms with van der Waals surface area (Å²) in [6, 6.07) is 5.57. The molecule has 1 heterocycles. The number of nitrogens with zero attached hydrogens (tertiary/aromatic N) is 4. The van der Waals surface area contributed by atoms with Crippen LogP contribution in [0.3, 0.4) is 0 Å². The molecule has 220 valence electrons. The number of carbonyl (C=O) groups is 1. The van der Waals surface area contributed by atoms with Gasteiger partial charge < -0.3 is 5.32 Å². The number of aromatic nitrogens is 2. The van der Waals surface area contributed by atoms with Crippen molar-refractivity contribution >= 4 is 28.9 Å². The maximum atomic E-state index is 12.3. The van der Waals surface area contributed by atoms with Gasteiger partial charge in [-0.25, -0.2) is 9.97 Å². The predicted octanol–water partition coefficient (Wildman–Crippen LogP) is 6.87. The molecule has 3 N–H and O–H groups in total. The fraction of sp³-hybridized carbons (Fsp3) is 0.607. The zero-order valence-electron chi connectivity index (χ0n) is 23.5. The molecule has 1 aromatic carbocycles. The van der Waals surface area contributed by atoms with Crippen LogP contribution in [0.25, 0.3) is 0 Å². The second kappa shape index (κ2) is 19.3. The average Bonchev–Trinajstić information content (AvgIpc) is 2.94. The maximum Gasteiger partial charge on any atom is 0.354 e. The molecule has 0 saturated carbocycles. The summed E-state index contributed by atoms with van der Waals surface area (Å²) >= 11 is 0. The molecule has 2 aromatic rings. The molecule has 0 atom stereocenters. The second-order valence-corrected chi connectivity index (χ2v) is 9.97. The van der Waals surface area contributed by atoms with Crippen LogP contribution in [0.5, 0.6) is 0 Å². The minimum Gasteiger partial charge on any atom is -0.364 e. The van der Waals surface area contributed by atoms with Gasteiger partial charge in [0.15, 0.2) is 0 Å². The normalized spacial score (nSPS) is 10.7. The second-order valence-electron chi connectivity index (χ2n) is 9.97. The van der Waals surface area contributed by atoms with E-state index in [9.17, 15) is 25.0 Å². The lowest BCUT2D eigenvalue weighted by atomic mass is 10.0. The molecule has 0 unspecified atom stereocenters. The van der Waals surface area contributed by atoms with Crippen LogP contribution in [-0.2, 0) is 11.2 Å². The number of nitro benzene ring substituents is 1. The number of non-ortho nitro benzene ring substituents is 1. The van der Waals surface area contributed by atoms with Gasteiger partial charge in [-0.2, -0.15) is 0 Å². The van der Waals surface area contributed by atoms with Crippen molar-refractivity contribution in [1.29, 1.82) is 0 Å². The number of rotatable bonds is 22. The first-order valence-electron chi connectivity index (χ1n) is 14.4. The van der Waals surface area contributed by atoms with Gasteiger partial charge in [0.25, 0.3) is 5.69 Å². The zero-order valence-corrected chi connectivity index (χ0v) is 23.5. The van der Waals surface area contributed by atoms with Crippen LogP contribution in [0, 0.1) is 20.2 Å². The summed E-state index contributed by atoms with van der Waals surface area (Å²) in [6.07, 6.45) is 18.7. The van der Waals surface area contributed by atoms with Crippen LogP contribution in [0.2, 0.25) is 0 Å². The van der Waals surface area contributed by atoms with Crippen molar-refractivity contribution in [3.63, 3.8) is 0 Å². The van der Waals surface area contributed by atoms with Crippen molar-refractivity contribution in [3.05, 3.63) is 56.4 Å². The lowest BCUT2D eigenvalue weighted by Gasteiger charge is -2.11. The highest BCUT2D eigenvalue weighted by Gasteiger charge is 2.23. The van der Waals surface area contributed by atoms with E-state index < -0.39 is 15.8 Å². The fourth-order valence-electron chi connectivity index (χ4n) is 4.39. The van der Waals surface area contributed by atoms with Gasteiger partial charge in [0.2, 0.25) is 17.5 Å². The number of hydrogen-bond donors (Lipinski definition) is 3. The average molecular weight is 558 g/mol. The number of benzene rings is 1. The van der Waals surface area contributed by atoms with E-state index in [1.54, 1.807) is 0 Å². The molecule has 0 bridgehead atoms. The van der Waals surface area contributed by atoms with Crippen molar-refractivity contribution in [1.82, 2.24) is 15.4 Å². The first-order valence-corrected chi connectivity index (χ1v) is 14.4.